The number of nitrogens with one attached hydrogen (secondary N) is 1. The van der Waals surface area contributed by atoms with Crippen LogP contribution < -0.4 is 11.1 Å². The minimum atomic E-state index is -3.55. The summed E-state index contributed by atoms with van der Waals surface area (Å²) in [6, 6.07) is 6.93. The van der Waals surface area contributed by atoms with E-state index in [1.165, 1.54) is 20.2 Å². The minimum absolute atomic E-state index is 0.114. The molecule has 0 aliphatic rings. The lowest BCUT2D eigenvalue weighted by atomic mass is 10.2. The third kappa shape index (κ3) is 3.39. The Kier molecular flexibility index (Phi) is 4.92. The van der Waals surface area contributed by atoms with Crippen LogP contribution in [0.4, 0.5) is 11.4 Å². The zero-order valence-electron chi connectivity index (χ0n) is 11.6. The van der Waals surface area contributed by atoms with Gasteiger partial charge in [-0.2, -0.15) is 0 Å². The minimum Gasteiger partial charge on any atom is -0.396 e. The molecule has 0 saturated heterocycles. The number of nitrogens with two attached hydrogens (primary N) is 1. The molecule has 5 nitrogen and oxygen atoms in total. The van der Waals surface area contributed by atoms with Crippen LogP contribution in [-0.4, -0.2) is 26.8 Å². The molecule has 3 N–H and O–H groups in total. The van der Waals surface area contributed by atoms with Gasteiger partial charge in [-0.3, -0.25) is 0 Å². The molecule has 0 amide bonds. The normalized spacial score (nSPS) is 11.8. The van der Waals surface area contributed by atoms with Gasteiger partial charge < -0.3 is 11.1 Å². The largest absolute Gasteiger partial charge is 0.396 e. The van der Waals surface area contributed by atoms with Gasteiger partial charge >= 0.3 is 0 Å². The van der Waals surface area contributed by atoms with Crippen molar-refractivity contribution in [3.8, 4) is 0 Å². The summed E-state index contributed by atoms with van der Waals surface area (Å²) >= 11 is 5.07. The van der Waals surface area contributed by atoms with Crippen LogP contribution in [0.25, 0.3) is 0 Å². The summed E-state index contributed by atoms with van der Waals surface area (Å²) in [6.45, 7) is 0.577. The van der Waals surface area contributed by atoms with Crippen LogP contribution in [0.5, 0.6) is 0 Å². The smallest absolute Gasteiger partial charge is 0.244 e. The van der Waals surface area contributed by atoms with Gasteiger partial charge in [-0.1, -0.05) is 6.07 Å². The van der Waals surface area contributed by atoms with E-state index in [0.717, 1.165) is 13.7 Å². The third-order valence-electron chi connectivity index (χ3n) is 2.96. The maximum Gasteiger partial charge on any atom is 0.244 e. The van der Waals surface area contributed by atoms with Crippen LogP contribution in [0.15, 0.2) is 39.0 Å². The first kappa shape index (κ1) is 16.3. The van der Waals surface area contributed by atoms with E-state index in [2.05, 4.69) is 21.2 Å². The topological polar surface area (TPSA) is 75.4 Å². The van der Waals surface area contributed by atoms with Crippen molar-refractivity contribution in [3.05, 3.63) is 39.0 Å². The van der Waals surface area contributed by atoms with E-state index in [-0.39, 0.29) is 10.6 Å². The molecule has 1 aromatic heterocycles. The molecule has 0 radical (unpaired) electrons. The Labute approximate surface area is 137 Å². The summed E-state index contributed by atoms with van der Waals surface area (Å²) in [5.41, 5.74) is 6.85. The van der Waals surface area contributed by atoms with Crippen LogP contribution in [0, 0.1) is 0 Å². The average Bonchev–Trinajstić information content (AvgIpc) is 2.82. The van der Waals surface area contributed by atoms with E-state index in [9.17, 15) is 8.42 Å². The summed E-state index contributed by atoms with van der Waals surface area (Å²) in [5, 5.41) is 5.16. The molecule has 0 saturated carbocycles. The van der Waals surface area contributed by atoms with Gasteiger partial charge in [0.1, 0.15) is 4.90 Å². The Morgan fingerprint density at radius 1 is 1.33 bits per heavy atom. The summed E-state index contributed by atoms with van der Waals surface area (Å²) in [7, 11) is -0.581. The molecule has 0 fully saturated rings. The van der Waals surface area contributed by atoms with Crippen LogP contribution in [0.1, 0.15) is 4.88 Å². The molecular formula is C13H16BrN3O2S2. The van der Waals surface area contributed by atoms with Crippen LogP contribution in [0.3, 0.4) is 0 Å². The van der Waals surface area contributed by atoms with Gasteiger partial charge in [0, 0.05) is 23.4 Å². The van der Waals surface area contributed by atoms with Gasteiger partial charge in [0.2, 0.25) is 10.0 Å². The number of rotatable bonds is 5. The Balaban J connectivity index is 2.29. The number of sulfonamides is 1. The van der Waals surface area contributed by atoms with Crippen LogP contribution in [0.2, 0.25) is 0 Å². The highest BCUT2D eigenvalue weighted by Gasteiger charge is 2.21. The molecule has 0 aliphatic heterocycles. The van der Waals surface area contributed by atoms with Crippen molar-refractivity contribution in [2.45, 2.75) is 11.4 Å². The van der Waals surface area contributed by atoms with Gasteiger partial charge in [0.15, 0.2) is 0 Å². The van der Waals surface area contributed by atoms with Crippen molar-refractivity contribution in [3.63, 3.8) is 0 Å². The Bertz CT molecular complexity index is 742. The molecule has 8 heteroatoms. The molecule has 0 atom stereocenters. The Hall–Kier alpha value is -1.09. The lowest BCUT2D eigenvalue weighted by Crippen LogP contribution is -2.23. The highest BCUT2D eigenvalue weighted by atomic mass is 79.9. The molecule has 114 valence electrons. The first-order valence-electron chi connectivity index (χ1n) is 6.11. The van der Waals surface area contributed by atoms with E-state index in [4.69, 9.17) is 5.73 Å². The van der Waals surface area contributed by atoms with E-state index in [1.807, 2.05) is 11.4 Å². The van der Waals surface area contributed by atoms with E-state index in [0.29, 0.717) is 12.2 Å². The summed E-state index contributed by atoms with van der Waals surface area (Å²) < 4.78 is 26.6. The standard InChI is InChI=1S/C13H16BrN3O2S2/c1-17(2)21(18,19)12-5-3-4-10(13(12)15)16-8-11-9(14)6-7-20-11/h3-7,16H,8,15H2,1-2H3. The highest BCUT2D eigenvalue weighted by Crippen LogP contribution is 2.30. The fourth-order valence-electron chi connectivity index (χ4n) is 1.75. The second-order valence-electron chi connectivity index (χ2n) is 4.55. The molecule has 0 bridgehead atoms. The maximum absolute atomic E-state index is 12.2. The average molecular weight is 390 g/mol. The molecule has 2 rings (SSSR count). The number of anilines is 2. The number of hydrogen-bond donors (Lipinski definition) is 2. The fraction of sp³-hybridized carbons (Fsp3) is 0.231. The molecule has 0 unspecified atom stereocenters. The highest BCUT2D eigenvalue weighted by molar-refractivity contribution is 9.10. The van der Waals surface area contributed by atoms with Crippen molar-refractivity contribution in [2.75, 3.05) is 25.1 Å². The summed E-state index contributed by atoms with van der Waals surface area (Å²) in [4.78, 5) is 1.23. The number of hydrogen-bond acceptors (Lipinski definition) is 5. The quantitative estimate of drug-likeness (QED) is 0.770. The number of benzene rings is 1. The Morgan fingerprint density at radius 2 is 2.05 bits per heavy atom. The first-order chi connectivity index (χ1) is 9.84. The van der Waals surface area contributed by atoms with Crippen molar-refractivity contribution >= 4 is 48.7 Å². The second kappa shape index (κ2) is 6.35. The van der Waals surface area contributed by atoms with E-state index < -0.39 is 10.0 Å². The molecule has 1 heterocycles. The fourth-order valence-corrected chi connectivity index (χ4v) is 4.21. The monoisotopic (exact) mass is 389 g/mol. The molecular weight excluding hydrogens is 374 g/mol. The number of para-hydroxylation sites is 1. The predicted octanol–water partition coefficient (Wildman–Crippen LogP) is 2.96. The van der Waals surface area contributed by atoms with Gasteiger partial charge in [-0.15, -0.1) is 11.3 Å². The molecule has 2 aromatic rings. The molecule has 21 heavy (non-hydrogen) atoms. The van der Waals surface area contributed by atoms with Crippen molar-refractivity contribution in [1.29, 1.82) is 0 Å². The van der Waals surface area contributed by atoms with E-state index >= 15 is 0 Å². The third-order valence-corrected chi connectivity index (χ3v) is 6.75. The number of nitrogen functional groups attached to an aromatic ring is 1. The number of thiophene rings is 1. The maximum atomic E-state index is 12.2. The van der Waals surface area contributed by atoms with Gasteiger partial charge in [0.25, 0.3) is 0 Å². The van der Waals surface area contributed by atoms with Crippen molar-refractivity contribution < 1.29 is 8.42 Å². The second-order valence-corrected chi connectivity index (χ2v) is 8.53. The first-order valence-corrected chi connectivity index (χ1v) is 9.22. The number of halogens is 1. The lowest BCUT2D eigenvalue weighted by molar-refractivity contribution is 0.521. The zero-order chi connectivity index (χ0) is 15.6. The van der Waals surface area contributed by atoms with Gasteiger partial charge in [-0.25, -0.2) is 12.7 Å². The predicted molar refractivity (Wildman–Crippen MR) is 91.1 cm³/mol. The molecule has 0 aliphatic carbocycles. The zero-order valence-corrected chi connectivity index (χ0v) is 14.8. The van der Waals surface area contributed by atoms with Crippen LogP contribution >= 0.6 is 27.3 Å². The SMILES string of the molecule is CN(C)S(=O)(=O)c1cccc(NCc2sccc2Br)c1N. The van der Waals surface area contributed by atoms with Crippen LogP contribution in [-0.2, 0) is 16.6 Å². The Morgan fingerprint density at radius 3 is 2.62 bits per heavy atom. The van der Waals surface area contributed by atoms with Crippen molar-refractivity contribution in [2.24, 2.45) is 0 Å². The number of nitrogens with zero attached hydrogens (tertiary/aromatic N) is 1. The van der Waals surface area contributed by atoms with Crippen molar-refractivity contribution in [1.82, 2.24) is 4.31 Å². The lowest BCUT2D eigenvalue weighted by Gasteiger charge is -2.16. The van der Waals surface area contributed by atoms with Gasteiger partial charge in [0.05, 0.1) is 17.9 Å². The molecule has 1 aromatic carbocycles. The van der Waals surface area contributed by atoms with Gasteiger partial charge in [-0.05, 0) is 39.5 Å². The summed E-state index contributed by atoms with van der Waals surface area (Å²) in [6.07, 6.45) is 0. The van der Waals surface area contributed by atoms with E-state index in [1.54, 1.807) is 23.5 Å². The summed E-state index contributed by atoms with van der Waals surface area (Å²) in [5.74, 6) is 0. The molecule has 0 spiro atoms.